The van der Waals surface area contributed by atoms with Crippen LogP contribution in [0.2, 0.25) is 10.0 Å². The van der Waals surface area contributed by atoms with Crippen LogP contribution in [0.15, 0.2) is 47.1 Å². The number of esters is 2. The third-order valence-electron chi connectivity index (χ3n) is 8.93. The maximum atomic E-state index is 13.8. The first-order valence-corrected chi connectivity index (χ1v) is 16.0. The first kappa shape index (κ1) is 29.2. The Morgan fingerprint density at radius 2 is 1.66 bits per heavy atom. The first-order valence-electron chi connectivity index (χ1n) is 15.2. The van der Waals surface area contributed by atoms with Crippen LogP contribution in [0, 0.1) is 0 Å². The molecule has 0 N–H and O–H groups in total. The molecule has 2 aromatic carbocycles. The van der Waals surface area contributed by atoms with Crippen molar-refractivity contribution >= 4 is 51.7 Å². The van der Waals surface area contributed by atoms with E-state index in [1.807, 2.05) is 44.6 Å². The van der Waals surface area contributed by atoms with Crippen LogP contribution < -0.4 is 4.90 Å². The number of carbonyl (C=O) groups is 2. The molecule has 10 heteroatoms. The summed E-state index contributed by atoms with van der Waals surface area (Å²) in [7, 11) is 1.95. The predicted molar refractivity (Wildman–Crippen MR) is 170 cm³/mol. The van der Waals surface area contributed by atoms with Crippen molar-refractivity contribution in [1.82, 2.24) is 9.72 Å². The number of anilines is 1. The molecule has 2 saturated heterocycles. The minimum atomic E-state index is -0.566. The van der Waals surface area contributed by atoms with Crippen molar-refractivity contribution in [1.29, 1.82) is 0 Å². The molecule has 1 aliphatic carbocycles. The predicted octanol–water partition coefficient (Wildman–Crippen LogP) is 8.33. The molecule has 3 aliphatic rings. The van der Waals surface area contributed by atoms with Crippen molar-refractivity contribution in [3.8, 4) is 11.3 Å². The Morgan fingerprint density at radius 1 is 0.977 bits per heavy atom. The molecule has 8 nitrogen and oxygen atoms in total. The van der Waals surface area contributed by atoms with Gasteiger partial charge in [-0.3, -0.25) is 0 Å². The van der Waals surface area contributed by atoms with E-state index in [0.29, 0.717) is 38.2 Å². The van der Waals surface area contributed by atoms with Gasteiger partial charge >= 0.3 is 11.9 Å². The van der Waals surface area contributed by atoms with Crippen LogP contribution in [0.1, 0.15) is 91.7 Å². The van der Waals surface area contributed by atoms with E-state index in [4.69, 9.17) is 37.2 Å². The number of nitrogens with zero attached hydrogens (tertiary/aromatic N) is 3. The van der Waals surface area contributed by atoms with Gasteiger partial charge in [0.25, 0.3) is 0 Å². The zero-order valence-electron chi connectivity index (χ0n) is 25.2. The lowest BCUT2D eigenvalue weighted by Crippen LogP contribution is -2.46. The summed E-state index contributed by atoms with van der Waals surface area (Å²) in [4.78, 5) is 29.1. The number of ether oxygens (including phenoxy) is 2. The minimum absolute atomic E-state index is 0.154. The van der Waals surface area contributed by atoms with Gasteiger partial charge in [0.05, 0.1) is 21.1 Å². The number of carbonyl (C=O) groups excluding carboxylic acids is 2. The zero-order valence-corrected chi connectivity index (χ0v) is 26.7. The van der Waals surface area contributed by atoms with Crippen LogP contribution in [-0.4, -0.2) is 45.5 Å². The van der Waals surface area contributed by atoms with Gasteiger partial charge in [0.15, 0.2) is 5.76 Å². The normalized spacial score (nSPS) is 21.6. The van der Waals surface area contributed by atoms with Crippen molar-refractivity contribution in [2.45, 2.75) is 89.0 Å². The number of hydrogen-bond acceptors (Lipinski definition) is 7. The van der Waals surface area contributed by atoms with Crippen LogP contribution in [0.25, 0.3) is 22.2 Å². The van der Waals surface area contributed by atoms with Gasteiger partial charge in [-0.25, -0.2) is 9.59 Å². The summed E-state index contributed by atoms with van der Waals surface area (Å²) >= 11 is 13.0. The Kier molecular flexibility index (Phi) is 7.20. The molecule has 4 aromatic rings. The molecule has 3 fully saturated rings. The zero-order chi connectivity index (χ0) is 30.9. The molecule has 44 heavy (non-hydrogen) atoms. The lowest BCUT2D eigenvalue weighted by Gasteiger charge is -2.40. The molecule has 0 spiro atoms. The number of benzene rings is 2. The SMILES string of the molecule is Cn1cc(C(=O)OC(C)(C)C)c2ccc(N3[C@@H]4CC[C@H]3CC(OC(=O)c3c(-c5c(Cl)cccc5Cl)noc3C3CC3)C4)cc21. The van der Waals surface area contributed by atoms with Gasteiger partial charge < -0.3 is 23.5 Å². The van der Waals surface area contributed by atoms with E-state index >= 15 is 0 Å². The van der Waals surface area contributed by atoms with Gasteiger partial charge in [-0.05, 0) is 76.8 Å². The highest BCUT2D eigenvalue weighted by atomic mass is 35.5. The fraction of sp³-hybridized carbons (Fsp3) is 0.441. The second kappa shape index (κ2) is 10.8. The summed E-state index contributed by atoms with van der Waals surface area (Å²) in [5.41, 5.74) is 3.25. The summed E-state index contributed by atoms with van der Waals surface area (Å²) in [6.45, 7) is 5.61. The molecule has 1 unspecified atom stereocenters. The Balaban J connectivity index is 1.11. The van der Waals surface area contributed by atoms with E-state index in [2.05, 4.69) is 22.2 Å². The number of aryl methyl sites for hydroxylation is 1. The van der Waals surface area contributed by atoms with Crippen molar-refractivity contribution in [3.63, 3.8) is 0 Å². The molecular formula is C34H35Cl2N3O5. The van der Waals surface area contributed by atoms with Gasteiger partial charge in [0.2, 0.25) is 0 Å². The van der Waals surface area contributed by atoms with Crippen LogP contribution in [-0.2, 0) is 16.5 Å². The Bertz CT molecular complexity index is 1750. The monoisotopic (exact) mass is 635 g/mol. The summed E-state index contributed by atoms with van der Waals surface area (Å²) in [6.07, 6.45) is 6.99. The van der Waals surface area contributed by atoms with Crippen LogP contribution in [0.4, 0.5) is 5.69 Å². The maximum Gasteiger partial charge on any atom is 0.344 e. The van der Waals surface area contributed by atoms with Crippen molar-refractivity contribution in [3.05, 3.63) is 69.5 Å². The standard InChI is InChI=1S/C34H35Cl2N3O5/c1-34(2,3)43-32(40)24-17-38(4)27-16-21(12-13-23(24)27)39-19-10-11-20(39)15-22(14-19)42-33(41)29-30(37-44-31(29)18-8-9-18)28-25(35)6-5-7-26(28)36/h5-7,12-13,16-20,22H,8-11,14-15H2,1-4H3/t19-,20+,22?. The number of hydrogen-bond donors (Lipinski definition) is 0. The molecule has 4 heterocycles. The van der Waals surface area contributed by atoms with E-state index in [-0.39, 0.29) is 30.1 Å². The molecule has 2 aromatic heterocycles. The van der Waals surface area contributed by atoms with Gasteiger partial charge in [0, 0.05) is 60.7 Å². The molecule has 0 radical (unpaired) electrons. The first-order chi connectivity index (χ1) is 21.0. The average Bonchev–Trinajstić information content (AvgIpc) is 3.54. The van der Waals surface area contributed by atoms with E-state index in [0.717, 1.165) is 55.1 Å². The second-order valence-corrected chi connectivity index (χ2v) is 14.1. The fourth-order valence-electron chi connectivity index (χ4n) is 6.90. The maximum absolute atomic E-state index is 13.8. The van der Waals surface area contributed by atoms with E-state index in [1.54, 1.807) is 18.2 Å². The van der Waals surface area contributed by atoms with E-state index in [1.165, 1.54) is 0 Å². The van der Waals surface area contributed by atoms with Crippen LogP contribution in [0.3, 0.4) is 0 Å². The summed E-state index contributed by atoms with van der Waals surface area (Å²) in [5, 5.41) is 5.94. The molecule has 2 aliphatic heterocycles. The van der Waals surface area contributed by atoms with Crippen molar-refractivity contribution in [2.75, 3.05) is 4.90 Å². The van der Waals surface area contributed by atoms with Gasteiger partial charge in [0.1, 0.15) is 23.0 Å². The van der Waals surface area contributed by atoms with Crippen LogP contribution >= 0.6 is 23.2 Å². The summed E-state index contributed by atoms with van der Waals surface area (Å²) in [6, 6.07) is 11.9. The van der Waals surface area contributed by atoms with Crippen LogP contribution in [0.5, 0.6) is 0 Å². The molecule has 230 valence electrons. The Hall–Kier alpha value is -3.49. The molecule has 2 bridgehead atoms. The largest absolute Gasteiger partial charge is 0.458 e. The topological polar surface area (TPSA) is 86.8 Å². The average molecular weight is 637 g/mol. The quantitative estimate of drug-likeness (QED) is 0.197. The fourth-order valence-corrected chi connectivity index (χ4v) is 7.48. The third kappa shape index (κ3) is 5.26. The van der Waals surface area contributed by atoms with Gasteiger partial charge in [-0.2, -0.15) is 0 Å². The highest BCUT2D eigenvalue weighted by Crippen LogP contribution is 2.47. The van der Waals surface area contributed by atoms with E-state index < -0.39 is 11.6 Å². The molecular weight excluding hydrogens is 601 g/mol. The Labute approximate surface area is 266 Å². The number of fused-ring (bicyclic) bond motifs is 3. The Morgan fingerprint density at radius 3 is 2.30 bits per heavy atom. The third-order valence-corrected chi connectivity index (χ3v) is 9.55. The smallest absolute Gasteiger partial charge is 0.344 e. The number of rotatable bonds is 6. The van der Waals surface area contributed by atoms with Crippen molar-refractivity contribution in [2.24, 2.45) is 7.05 Å². The highest BCUT2D eigenvalue weighted by molar-refractivity contribution is 6.39. The summed E-state index contributed by atoms with van der Waals surface area (Å²) in [5.74, 6) is -0.0440. The second-order valence-electron chi connectivity index (χ2n) is 13.3. The molecule has 3 atom stereocenters. The number of aromatic nitrogens is 2. The number of piperidine rings is 1. The lowest BCUT2D eigenvalue weighted by molar-refractivity contribution is 0.00706. The molecule has 0 amide bonds. The van der Waals surface area contributed by atoms with E-state index in [9.17, 15) is 9.59 Å². The minimum Gasteiger partial charge on any atom is -0.458 e. The van der Waals surface area contributed by atoms with Gasteiger partial charge in [-0.1, -0.05) is 34.4 Å². The summed E-state index contributed by atoms with van der Waals surface area (Å²) < 4.78 is 19.5. The number of halogens is 2. The molecule has 7 rings (SSSR count). The van der Waals surface area contributed by atoms with Crippen molar-refractivity contribution < 1.29 is 23.6 Å². The molecule has 1 saturated carbocycles. The highest BCUT2D eigenvalue weighted by Gasteiger charge is 2.44. The van der Waals surface area contributed by atoms with Gasteiger partial charge in [-0.15, -0.1) is 0 Å². The lowest BCUT2D eigenvalue weighted by atomic mass is 9.98.